The highest BCUT2D eigenvalue weighted by Gasteiger charge is 2.35. The molecule has 0 N–H and O–H groups in total. The van der Waals surface area contributed by atoms with Crippen molar-refractivity contribution in [3.63, 3.8) is 0 Å². The van der Waals surface area contributed by atoms with E-state index in [-0.39, 0.29) is 22.5 Å². The molecule has 0 aliphatic heterocycles. The summed E-state index contributed by atoms with van der Waals surface area (Å²) in [5.74, 6) is -0.333. The van der Waals surface area contributed by atoms with Gasteiger partial charge in [-0.2, -0.15) is 13.2 Å². The molecule has 4 heteroatoms. The van der Waals surface area contributed by atoms with Crippen LogP contribution in [0, 0.1) is 20.8 Å². The Morgan fingerprint density at radius 2 is 1.62 bits per heavy atom. The first-order valence-electron chi connectivity index (χ1n) is 4.85. The smallest absolute Gasteiger partial charge is 0.294 e. The summed E-state index contributed by atoms with van der Waals surface area (Å²) >= 11 is 0. The van der Waals surface area contributed by atoms with Crippen LogP contribution in [0.2, 0.25) is 0 Å². The maximum atomic E-state index is 12.8. The SMILES string of the molecule is CC(=O)c1c(C)cc(C)c(C(F)(F)F)c1C. The van der Waals surface area contributed by atoms with Gasteiger partial charge >= 0.3 is 6.18 Å². The Bertz CT molecular complexity index is 445. The third kappa shape index (κ3) is 2.10. The predicted molar refractivity (Wildman–Crippen MR) is 55.7 cm³/mol. The predicted octanol–water partition coefficient (Wildman–Crippen LogP) is 3.83. The highest BCUT2D eigenvalue weighted by Crippen LogP contribution is 2.36. The second-order valence-corrected chi connectivity index (χ2v) is 3.94. The Labute approximate surface area is 92.3 Å². The van der Waals surface area contributed by atoms with Crippen LogP contribution in [0.5, 0.6) is 0 Å². The maximum absolute atomic E-state index is 12.8. The molecule has 88 valence electrons. The molecule has 16 heavy (non-hydrogen) atoms. The van der Waals surface area contributed by atoms with Crippen LogP contribution in [0.15, 0.2) is 6.07 Å². The third-order valence-corrected chi connectivity index (χ3v) is 2.61. The monoisotopic (exact) mass is 230 g/mol. The minimum absolute atomic E-state index is 0.0255. The van der Waals surface area contributed by atoms with Crippen molar-refractivity contribution >= 4 is 5.78 Å². The van der Waals surface area contributed by atoms with Gasteiger partial charge in [-0.05, 0) is 44.4 Å². The van der Waals surface area contributed by atoms with Crippen molar-refractivity contribution in [2.24, 2.45) is 0 Å². The molecule has 0 aliphatic carbocycles. The lowest BCUT2D eigenvalue weighted by Crippen LogP contribution is -2.14. The molecule has 0 amide bonds. The molecule has 1 nitrogen and oxygen atoms in total. The number of ketones is 1. The highest BCUT2D eigenvalue weighted by molar-refractivity contribution is 5.97. The van der Waals surface area contributed by atoms with E-state index in [1.54, 1.807) is 6.92 Å². The standard InChI is InChI=1S/C12H13F3O/c1-6-5-7(2)11(12(13,14)15)8(3)10(6)9(4)16/h5H,1-4H3. The number of carbonyl (C=O) groups is 1. The molecule has 0 saturated heterocycles. The number of alkyl halides is 3. The van der Waals surface area contributed by atoms with Gasteiger partial charge in [0.25, 0.3) is 0 Å². The summed E-state index contributed by atoms with van der Waals surface area (Å²) in [4.78, 5) is 11.3. The van der Waals surface area contributed by atoms with Crippen LogP contribution in [-0.4, -0.2) is 5.78 Å². The maximum Gasteiger partial charge on any atom is 0.416 e. The van der Waals surface area contributed by atoms with Crippen molar-refractivity contribution in [3.8, 4) is 0 Å². The van der Waals surface area contributed by atoms with Gasteiger partial charge in [-0.1, -0.05) is 6.07 Å². The zero-order valence-electron chi connectivity index (χ0n) is 9.62. The van der Waals surface area contributed by atoms with Gasteiger partial charge in [-0.15, -0.1) is 0 Å². The lowest BCUT2D eigenvalue weighted by atomic mass is 9.91. The fraction of sp³-hybridized carbons (Fsp3) is 0.417. The van der Waals surface area contributed by atoms with Crippen LogP contribution in [0.1, 0.15) is 39.5 Å². The van der Waals surface area contributed by atoms with Crippen molar-refractivity contribution in [1.82, 2.24) is 0 Å². The number of hydrogen-bond acceptors (Lipinski definition) is 1. The molecule has 0 bridgehead atoms. The molecule has 0 spiro atoms. The number of aryl methyl sites for hydroxylation is 2. The van der Waals surface area contributed by atoms with E-state index in [1.165, 1.54) is 26.8 Å². The fourth-order valence-corrected chi connectivity index (χ4v) is 2.16. The summed E-state index contributed by atoms with van der Waals surface area (Å²) < 4.78 is 38.3. The summed E-state index contributed by atoms with van der Waals surface area (Å²) in [6.07, 6.45) is -4.41. The molecule has 0 unspecified atom stereocenters. The van der Waals surface area contributed by atoms with Crippen molar-refractivity contribution in [1.29, 1.82) is 0 Å². The van der Waals surface area contributed by atoms with Crippen LogP contribution >= 0.6 is 0 Å². The highest BCUT2D eigenvalue weighted by atomic mass is 19.4. The molecule has 1 aromatic carbocycles. The molecule has 1 aromatic rings. The molecular formula is C12H13F3O. The first-order valence-corrected chi connectivity index (χ1v) is 4.85. The minimum Gasteiger partial charge on any atom is -0.294 e. The summed E-state index contributed by atoms with van der Waals surface area (Å²) in [7, 11) is 0. The van der Waals surface area contributed by atoms with Gasteiger partial charge in [0.05, 0.1) is 5.56 Å². The van der Waals surface area contributed by atoms with Gasteiger partial charge in [0.1, 0.15) is 0 Å². The molecule has 0 aliphatic rings. The van der Waals surface area contributed by atoms with E-state index in [1.807, 2.05) is 0 Å². The molecule has 0 radical (unpaired) electrons. The van der Waals surface area contributed by atoms with E-state index in [4.69, 9.17) is 0 Å². The molecular weight excluding hydrogens is 217 g/mol. The van der Waals surface area contributed by atoms with E-state index in [2.05, 4.69) is 0 Å². The average Bonchev–Trinajstić information content (AvgIpc) is 1.97. The Hall–Kier alpha value is -1.32. The topological polar surface area (TPSA) is 17.1 Å². The van der Waals surface area contributed by atoms with Crippen molar-refractivity contribution in [3.05, 3.63) is 33.9 Å². The number of Topliss-reactive ketones (excluding diaryl/α,β-unsaturated/α-hetero) is 1. The quantitative estimate of drug-likeness (QED) is 0.670. The van der Waals surface area contributed by atoms with Crippen molar-refractivity contribution in [2.75, 3.05) is 0 Å². The Balaban J connectivity index is 3.65. The third-order valence-electron chi connectivity index (χ3n) is 2.61. The fourth-order valence-electron chi connectivity index (χ4n) is 2.16. The lowest BCUT2D eigenvalue weighted by Gasteiger charge is -2.17. The van der Waals surface area contributed by atoms with Crippen LogP contribution in [0.25, 0.3) is 0 Å². The Kier molecular flexibility index (Phi) is 3.13. The summed E-state index contributed by atoms with van der Waals surface area (Å²) in [5, 5.41) is 0. The van der Waals surface area contributed by atoms with Gasteiger partial charge in [-0.25, -0.2) is 0 Å². The molecule has 1 rings (SSSR count). The lowest BCUT2D eigenvalue weighted by molar-refractivity contribution is -0.138. The number of halogens is 3. The van der Waals surface area contributed by atoms with Gasteiger partial charge < -0.3 is 0 Å². The van der Waals surface area contributed by atoms with Gasteiger partial charge in [-0.3, -0.25) is 4.79 Å². The number of rotatable bonds is 1. The number of hydrogen-bond donors (Lipinski definition) is 0. The summed E-state index contributed by atoms with van der Waals surface area (Å²) in [6, 6.07) is 1.41. The zero-order chi connectivity index (χ0) is 12.7. The molecule has 0 saturated carbocycles. The van der Waals surface area contributed by atoms with E-state index in [9.17, 15) is 18.0 Å². The summed E-state index contributed by atoms with van der Waals surface area (Å²) in [6.45, 7) is 5.69. The van der Waals surface area contributed by atoms with Gasteiger partial charge in [0.15, 0.2) is 5.78 Å². The second kappa shape index (κ2) is 3.92. The van der Waals surface area contributed by atoms with Crippen LogP contribution in [0.3, 0.4) is 0 Å². The van der Waals surface area contributed by atoms with E-state index >= 15 is 0 Å². The zero-order valence-corrected chi connectivity index (χ0v) is 9.62. The van der Waals surface area contributed by atoms with Crippen LogP contribution in [-0.2, 0) is 6.18 Å². The first-order chi connectivity index (χ1) is 7.16. The Morgan fingerprint density at radius 3 is 2.00 bits per heavy atom. The van der Waals surface area contributed by atoms with Crippen LogP contribution in [0.4, 0.5) is 13.2 Å². The van der Waals surface area contributed by atoms with E-state index in [0.29, 0.717) is 5.56 Å². The Morgan fingerprint density at radius 1 is 1.12 bits per heavy atom. The van der Waals surface area contributed by atoms with E-state index in [0.717, 1.165) is 0 Å². The molecule has 0 atom stereocenters. The number of benzene rings is 1. The second-order valence-electron chi connectivity index (χ2n) is 3.94. The normalized spacial score (nSPS) is 11.7. The van der Waals surface area contributed by atoms with E-state index < -0.39 is 11.7 Å². The molecule has 0 heterocycles. The number of carbonyl (C=O) groups excluding carboxylic acids is 1. The van der Waals surface area contributed by atoms with Crippen molar-refractivity contribution in [2.45, 2.75) is 33.9 Å². The average molecular weight is 230 g/mol. The molecule has 0 fully saturated rings. The van der Waals surface area contributed by atoms with Gasteiger partial charge in [0, 0.05) is 5.56 Å². The largest absolute Gasteiger partial charge is 0.416 e. The minimum atomic E-state index is -4.41. The molecule has 0 aromatic heterocycles. The van der Waals surface area contributed by atoms with Crippen LogP contribution < -0.4 is 0 Å². The summed E-state index contributed by atoms with van der Waals surface area (Å²) in [5.41, 5.74) is 0.265. The van der Waals surface area contributed by atoms with Gasteiger partial charge in [0.2, 0.25) is 0 Å². The first kappa shape index (κ1) is 12.7. The van der Waals surface area contributed by atoms with Crippen molar-refractivity contribution < 1.29 is 18.0 Å².